The predicted molar refractivity (Wildman–Crippen MR) is 111 cm³/mol. The summed E-state index contributed by atoms with van der Waals surface area (Å²) in [5, 5.41) is 5.56. The van der Waals surface area contributed by atoms with Crippen LogP contribution in [0.3, 0.4) is 0 Å². The van der Waals surface area contributed by atoms with Gasteiger partial charge in [-0.2, -0.15) is 9.50 Å². The number of rotatable bonds is 6. The van der Waals surface area contributed by atoms with Crippen LogP contribution in [-0.2, 0) is 17.6 Å². The molecule has 29 heavy (non-hydrogen) atoms. The molecule has 7 heteroatoms. The molecule has 0 aliphatic rings. The number of fused-ring (bicyclic) bond motifs is 1. The van der Waals surface area contributed by atoms with Gasteiger partial charge < -0.3 is 0 Å². The van der Waals surface area contributed by atoms with E-state index in [4.69, 9.17) is 0 Å². The van der Waals surface area contributed by atoms with Gasteiger partial charge in [0.1, 0.15) is 0 Å². The van der Waals surface area contributed by atoms with Crippen LogP contribution in [0, 0.1) is 6.92 Å². The summed E-state index contributed by atoms with van der Waals surface area (Å²) in [7, 11) is 0. The van der Waals surface area contributed by atoms with E-state index in [1.807, 2.05) is 60.7 Å². The van der Waals surface area contributed by atoms with Crippen molar-refractivity contribution in [3.63, 3.8) is 0 Å². The zero-order valence-electron chi connectivity index (χ0n) is 16.1. The van der Waals surface area contributed by atoms with Crippen LogP contribution in [0.1, 0.15) is 28.8 Å². The number of benzene rings is 2. The number of H-pyrrole nitrogens is 1. The van der Waals surface area contributed by atoms with Crippen molar-refractivity contribution in [2.75, 3.05) is 5.32 Å². The highest BCUT2D eigenvalue weighted by Crippen LogP contribution is 2.11. The van der Waals surface area contributed by atoms with Gasteiger partial charge in [0.25, 0.3) is 11.3 Å². The normalized spacial score (nSPS) is 10.9. The van der Waals surface area contributed by atoms with E-state index in [0.717, 1.165) is 11.1 Å². The fraction of sp³-hybridized carbons (Fsp3) is 0.182. The molecule has 0 fully saturated rings. The van der Waals surface area contributed by atoms with Gasteiger partial charge in [-0.3, -0.25) is 20.0 Å². The van der Waals surface area contributed by atoms with Crippen LogP contribution in [0.4, 0.5) is 5.95 Å². The highest BCUT2D eigenvalue weighted by molar-refractivity contribution is 5.89. The van der Waals surface area contributed by atoms with Crippen LogP contribution in [0.25, 0.3) is 5.78 Å². The molecule has 4 rings (SSSR count). The van der Waals surface area contributed by atoms with E-state index in [9.17, 15) is 9.59 Å². The molecule has 2 N–H and O–H groups in total. The SMILES string of the molecule is Cc1nc2nc(NC(=O)CCc3ccccc3)[nH]n2c(=O)c1Cc1ccccc1. The number of carbonyl (C=O) groups excluding carboxylic acids is 1. The Kier molecular flexibility index (Phi) is 5.20. The molecule has 0 saturated heterocycles. The van der Waals surface area contributed by atoms with Crippen LogP contribution >= 0.6 is 0 Å². The van der Waals surface area contributed by atoms with E-state index in [1.165, 1.54) is 4.52 Å². The Morgan fingerprint density at radius 3 is 2.34 bits per heavy atom. The van der Waals surface area contributed by atoms with Gasteiger partial charge in [-0.15, -0.1) is 0 Å². The monoisotopic (exact) mass is 387 g/mol. The minimum atomic E-state index is -0.214. The Morgan fingerprint density at radius 1 is 1.00 bits per heavy atom. The molecular formula is C22H21N5O2. The highest BCUT2D eigenvalue weighted by atomic mass is 16.2. The molecule has 0 unspecified atom stereocenters. The molecule has 1 amide bonds. The maximum absolute atomic E-state index is 12.9. The second-order valence-corrected chi connectivity index (χ2v) is 6.88. The standard InChI is InChI=1S/C22H21N5O2/c1-15-18(14-17-10-6-3-7-11-17)20(29)27-22(23-15)25-21(26-27)24-19(28)13-12-16-8-4-2-5-9-16/h2-11H,12-14H2,1H3,(H2,23,24,25,26,28). The first-order valence-corrected chi connectivity index (χ1v) is 9.46. The van der Waals surface area contributed by atoms with E-state index >= 15 is 0 Å². The number of aromatic nitrogens is 4. The molecule has 2 aromatic carbocycles. The van der Waals surface area contributed by atoms with E-state index in [-0.39, 0.29) is 23.2 Å². The Bertz CT molecular complexity index is 1200. The Balaban J connectivity index is 1.52. The number of anilines is 1. The highest BCUT2D eigenvalue weighted by Gasteiger charge is 2.15. The van der Waals surface area contributed by atoms with Gasteiger partial charge in [0.2, 0.25) is 11.9 Å². The van der Waals surface area contributed by atoms with Crippen LogP contribution < -0.4 is 10.9 Å². The van der Waals surface area contributed by atoms with Gasteiger partial charge >= 0.3 is 0 Å². The molecule has 0 atom stereocenters. The largest absolute Gasteiger partial charge is 0.295 e. The first-order chi connectivity index (χ1) is 14.1. The van der Waals surface area contributed by atoms with Crippen molar-refractivity contribution >= 4 is 17.6 Å². The summed E-state index contributed by atoms with van der Waals surface area (Å²) >= 11 is 0. The summed E-state index contributed by atoms with van der Waals surface area (Å²) in [5.41, 5.74) is 3.13. The van der Waals surface area contributed by atoms with E-state index < -0.39 is 0 Å². The second-order valence-electron chi connectivity index (χ2n) is 6.88. The summed E-state index contributed by atoms with van der Waals surface area (Å²) in [6.07, 6.45) is 1.44. The van der Waals surface area contributed by atoms with Crippen molar-refractivity contribution in [3.8, 4) is 0 Å². The van der Waals surface area contributed by atoms with Gasteiger partial charge in [-0.25, -0.2) is 4.98 Å². The van der Waals surface area contributed by atoms with Gasteiger partial charge in [0.15, 0.2) is 0 Å². The molecule has 0 bridgehead atoms. The van der Waals surface area contributed by atoms with Gasteiger partial charge in [0.05, 0.1) is 5.69 Å². The first-order valence-electron chi connectivity index (χ1n) is 9.46. The quantitative estimate of drug-likeness (QED) is 0.532. The summed E-state index contributed by atoms with van der Waals surface area (Å²) in [4.78, 5) is 33.8. The predicted octanol–water partition coefficient (Wildman–Crippen LogP) is 2.89. The summed E-state index contributed by atoms with van der Waals surface area (Å²) in [5.74, 6) is 0.272. The Labute approximate surface area is 167 Å². The van der Waals surface area contributed by atoms with Crippen molar-refractivity contribution in [2.45, 2.75) is 26.2 Å². The molecule has 7 nitrogen and oxygen atoms in total. The second kappa shape index (κ2) is 8.10. The third-order valence-corrected chi connectivity index (χ3v) is 4.76. The maximum atomic E-state index is 12.9. The van der Waals surface area contributed by atoms with E-state index in [2.05, 4.69) is 20.4 Å². The van der Waals surface area contributed by atoms with Crippen molar-refractivity contribution < 1.29 is 4.79 Å². The van der Waals surface area contributed by atoms with Crippen LogP contribution in [0.5, 0.6) is 0 Å². The number of amides is 1. The number of hydrogen-bond acceptors (Lipinski definition) is 4. The smallest absolute Gasteiger partial charge is 0.277 e. The average molecular weight is 387 g/mol. The molecule has 146 valence electrons. The fourth-order valence-electron chi connectivity index (χ4n) is 3.21. The minimum Gasteiger partial charge on any atom is -0.295 e. The summed E-state index contributed by atoms with van der Waals surface area (Å²) in [6.45, 7) is 1.80. The number of carbonyl (C=O) groups is 1. The van der Waals surface area contributed by atoms with E-state index in [1.54, 1.807) is 6.92 Å². The molecule has 0 spiro atoms. The van der Waals surface area contributed by atoms with Crippen LogP contribution in [0.2, 0.25) is 0 Å². The van der Waals surface area contributed by atoms with Crippen molar-refractivity contribution in [1.82, 2.24) is 19.6 Å². The van der Waals surface area contributed by atoms with Gasteiger partial charge in [-0.1, -0.05) is 60.7 Å². The lowest BCUT2D eigenvalue weighted by Gasteiger charge is -2.04. The Hall–Kier alpha value is -3.74. The molecule has 2 aromatic heterocycles. The summed E-state index contributed by atoms with van der Waals surface area (Å²) < 4.78 is 1.28. The molecule has 0 aliphatic carbocycles. The van der Waals surface area contributed by atoms with Gasteiger partial charge in [-0.05, 0) is 24.5 Å². The molecule has 0 saturated carbocycles. The number of aryl methyl sites for hydroxylation is 2. The first kappa shape index (κ1) is 18.6. The molecule has 0 radical (unpaired) electrons. The van der Waals surface area contributed by atoms with Gasteiger partial charge in [0, 0.05) is 18.4 Å². The maximum Gasteiger partial charge on any atom is 0.277 e. The molecule has 0 aliphatic heterocycles. The lowest BCUT2D eigenvalue weighted by molar-refractivity contribution is -0.116. The molecular weight excluding hydrogens is 366 g/mol. The van der Waals surface area contributed by atoms with Crippen LogP contribution in [-0.4, -0.2) is 25.5 Å². The number of aromatic amines is 1. The minimum absolute atomic E-state index is 0.179. The fourth-order valence-corrected chi connectivity index (χ4v) is 3.21. The number of nitrogens with one attached hydrogen (secondary N) is 2. The third kappa shape index (κ3) is 4.24. The van der Waals surface area contributed by atoms with Crippen molar-refractivity contribution in [2.24, 2.45) is 0 Å². The Morgan fingerprint density at radius 2 is 1.66 bits per heavy atom. The third-order valence-electron chi connectivity index (χ3n) is 4.76. The number of hydrogen-bond donors (Lipinski definition) is 2. The van der Waals surface area contributed by atoms with E-state index in [0.29, 0.717) is 30.5 Å². The zero-order chi connectivity index (χ0) is 20.2. The van der Waals surface area contributed by atoms with Crippen molar-refractivity contribution in [1.29, 1.82) is 0 Å². The number of nitrogens with zero attached hydrogens (tertiary/aromatic N) is 3. The lowest BCUT2D eigenvalue weighted by Crippen LogP contribution is -2.22. The zero-order valence-corrected chi connectivity index (χ0v) is 16.1. The van der Waals surface area contributed by atoms with Crippen LogP contribution in [0.15, 0.2) is 65.5 Å². The molecule has 2 heterocycles. The topological polar surface area (TPSA) is 92.2 Å². The summed E-state index contributed by atoms with van der Waals surface area (Å²) in [6, 6.07) is 19.5. The molecule has 4 aromatic rings. The van der Waals surface area contributed by atoms with Crippen molar-refractivity contribution in [3.05, 3.63) is 93.4 Å². The lowest BCUT2D eigenvalue weighted by atomic mass is 10.1. The average Bonchev–Trinajstić information content (AvgIpc) is 3.13.